The van der Waals surface area contributed by atoms with Crippen LogP contribution in [0.15, 0.2) is 18.2 Å². The second kappa shape index (κ2) is 6.65. The van der Waals surface area contributed by atoms with Crippen LogP contribution in [-0.2, 0) is 14.3 Å². The van der Waals surface area contributed by atoms with Gasteiger partial charge in [0.05, 0.1) is 6.61 Å². The van der Waals surface area contributed by atoms with Crippen LogP contribution >= 0.6 is 0 Å². The molecular formula is C13H15NO6. The fourth-order valence-electron chi connectivity index (χ4n) is 1.55. The standard InChI is InChI=1S/C13H15NO6/c1-2-17-13(16)6-14-12(15)7-18-9-3-4-10-11(5-9)20-8-19-10/h3-5H,2,6-8H2,1H3,(H,14,15). The molecule has 108 valence electrons. The van der Waals surface area contributed by atoms with Gasteiger partial charge in [-0.25, -0.2) is 0 Å². The van der Waals surface area contributed by atoms with Crippen LogP contribution in [0.5, 0.6) is 17.2 Å². The number of benzene rings is 1. The lowest BCUT2D eigenvalue weighted by Gasteiger charge is -2.07. The molecule has 20 heavy (non-hydrogen) atoms. The molecule has 1 heterocycles. The number of amides is 1. The van der Waals surface area contributed by atoms with E-state index in [1.165, 1.54) is 0 Å². The minimum atomic E-state index is -0.482. The van der Waals surface area contributed by atoms with Crippen molar-refractivity contribution in [2.24, 2.45) is 0 Å². The van der Waals surface area contributed by atoms with Gasteiger partial charge in [0.15, 0.2) is 18.1 Å². The molecule has 0 bridgehead atoms. The molecule has 0 radical (unpaired) electrons. The molecule has 1 amide bonds. The highest BCUT2D eigenvalue weighted by atomic mass is 16.7. The Balaban J connectivity index is 1.74. The van der Waals surface area contributed by atoms with Crippen molar-refractivity contribution >= 4 is 11.9 Å². The van der Waals surface area contributed by atoms with Crippen LogP contribution in [-0.4, -0.2) is 38.4 Å². The molecule has 0 saturated heterocycles. The number of fused-ring (bicyclic) bond motifs is 1. The molecule has 1 aromatic carbocycles. The second-order valence-corrected chi connectivity index (χ2v) is 3.89. The van der Waals surface area contributed by atoms with E-state index in [9.17, 15) is 9.59 Å². The third kappa shape index (κ3) is 3.78. The summed E-state index contributed by atoms with van der Waals surface area (Å²) in [6, 6.07) is 5.02. The molecule has 0 unspecified atom stereocenters. The molecule has 0 spiro atoms. The Bertz CT molecular complexity index is 502. The third-order valence-corrected chi connectivity index (χ3v) is 2.45. The van der Waals surface area contributed by atoms with Crippen molar-refractivity contribution in [2.75, 3.05) is 26.6 Å². The fraction of sp³-hybridized carbons (Fsp3) is 0.385. The van der Waals surface area contributed by atoms with Crippen LogP contribution in [0.2, 0.25) is 0 Å². The van der Waals surface area contributed by atoms with Gasteiger partial charge in [-0.15, -0.1) is 0 Å². The van der Waals surface area contributed by atoms with Crippen LogP contribution in [0.1, 0.15) is 6.92 Å². The van der Waals surface area contributed by atoms with Crippen LogP contribution in [0.25, 0.3) is 0 Å². The fourth-order valence-corrected chi connectivity index (χ4v) is 1.55. The lowest BCUT2D eigenvalue weighted by atomic mass is 10.3. The minimum Gasteiger partial charge on any atom is -0.484 e. The molecule has 7 nitrogen and oxygen atoms in total. The Hall–Kier alpha value is -2.44. The summed E-state index contributed by atoms with van der Waals surface area (Å²) in [5.41, 5.74) is 0. The minimum absolute atomic E-state index is 0.169. The summed E-state index contributed by atoms with van der Waals surface area (Å²) in [6.07, 6.45) is 0. The summed E-state index contributed by atoms with van der Waals surface area (Å²) in [4.78, 5) is 22.5. The van der Waals surface area contributed by atoms with E-state index in [0.717, 1.165) is 0 Å². The van der Waals surface area contributed by atoms with Crippen LogP contribution in [0, 0.1) is 0 Å². The monoisotopic (exact) mass is 281 g/mol. The zero-order chi connectivity index (χ0) is 14.4. The van der Waals surface area contributed by atoms with Crippen molar-refractivity contribution in [1.29, 1.82) is 0 Å². The van der Waals surface area contributed by atoms with Crippen LogP contribution < -0.4 is 19.5 Å². The van der Waals surface area contributed by atoms with E-state index in [0.29, 0.717) is 17.2 Å². The summed E-state index contributed by atoms with van der Waals surface area (Å²) in [7, 11) is 0. The third-order valence-electron chi connectivity index (χ3n) is 2.45. The number of ether oxygens (including phenoxy) is 4. The zero-order valence-electron chi connectivity index (χ0n) is 11.0. The quantitative estimate of drug-likeness (QED) is 0.763. The molecule has 0 aromatic heterocycles. The van der Waals surface area contributed by atoms with Gasteiger partial charge in [-0.3, -0.25) is 9.59 Å². The van der Waals surface area contributed by atoms with E-state index in [4.69, 9.17) is 14.2 Å². The number of rotatable bonds is 6. The number of carbonyl (C=O) groups excluding carboxylic acids is 2. The summed E-state index contributed by atoms with van der Waals surface area (Å²) < 4.78 is 20.3. The molecule has 2 rings (SSSR count). The van der Waals surface area contributed by atoms with Crippen molar-refractivity contribution in [2.45, 2.75) is 6.92 Å². The van der Waals surface area contributed by atoms with Gasteiger partial charge in [0, 0.05) is 6.07 Å². The lowest BCUT2D eigenvalue weighted by molar-refractivity contribution is -0.143. The molecule has 0 aliphatic carbocycles. The summed E-state index contributed by atoms with van der Waals surface area (Å²) in [6.45, 7) is 1.79. The predicted octanol–water partition coefficient (Wildman–Crippen LogP) is 0.473. The maximum absolute atomic E-state index is 11.5. The number of hydrogen-bond acceptors (Lipinski definition) is 6. The summed E-state index contributed by atoms with van der Waals surface area (Å²) in [5, 5.41) is 2.40. The van der Waals surface area contributed by atoms with Crippen molar-refractivity contribution in [3.63, 3.8) is 0 Å². The van der Waals surface area contributed by atoms with E-state index < -0.39 is 11.9 Å². The smallest absolute Gasteiger partial charge is 0.325 e. The molecule has 0 saturated carbocycles. The molecule has 7 heteroatoms. The number of hydrogen-bond donors (Lipinski definition) is 1. The largest absolute Gasteiger partial charge is 0.484 e. The van der Waals surface area contributed by atoms with Gasteiger partial charge in [-0.1, -0.05) is 0 Å². The first kappa shape index (κ1) is 14.0. The Morgan fingerprint density at radius 1 is 1.30 bits per heavy atom. The maximum atomic E-state index is 11.5. The second-order valence-electron chi connectivity index (χ2n) is 3.89. The first-order chi connectivity index (χ1) is 9.69. The predicted molar refractivity (Wildman–Crippen MR) is 67.7 cm³/mol. The van der Waals surface area contributed by atoms with Gasteiger partial charge in [0.1, 0.15) is 12.3 Å². The first-order valence-corrected chi connectivity index (χ1v) is 6.14. The van der Waals surface area contributed by atoms with E-state index >= 15 is 0 Å². The topological polar surface area (TPSA) is 83.1 Å². The molecule has 0 atom stereocenters. The van der Waals surface area contributed by atoms with E-state index in [1.54, 1.807) is 25.1 Å². The lowest BCUT2D eigenvalue weighted by Crippen LogP contribution is -2.34. The Morgan fingerprint density at radius 3 is 2.90 bits per heavy atom. The Morgan fingerprint density at radius 2 is 2.10 bits per heavy atom. The highest BCUT2D eigenvalue weighted by Crippen LogP contribution is 2.34. The normalized spacial score (nSPS) is 11.8. The van der Waals surface area contributed by atoms with E-state index in [2.05, 4.69) is 10.1 Å². The van der Waals surface area contributed by atoms with Gasteiger partial charge in [-0.2, -0.15) is 0 Å². The van der Waals surface area contributed by atoms with Crippen molar-refractivity contribution in [1.82, 2.24) is 5.32 Å². The number of nitrogens with one attached hydrogen (secondary N) is 1. The number of esters is 1. The number of carbonyl (C=O) groups is 2. The molecule has 0 fully saturated rings. The highest BCUT2D eigenvalue weighted by molar-refractivity contribution is 5.82. The van der Waals surface area contributed by atoms with Gasteiger partial charge in [-0.05, 0) is 19.1 Å². The zero-order valence-corrected chi connectivity index (χ0v) is 11.0. The van der Waals surface area contributed by atoms with Crippen LogP contribution in [0.3, 0.4) is 0 Å². The molecule has 1 N–H and O–H groups in total. The Kier molecular flexibility index (Phi) is 4.65. The summed E-state index contributed by atoms with van der Waals surface area (Å²) in [5.74, 6) is 0.818. The van der Waals surface area contributed by atoms with Crippen molar-refractivity contribution < 1.29 is 28.5 Å². The average Bonchev–Trinajstić information content (AvgIpc) is 2.90. The molecule has 1 aliphatic rings. The molecule has 1 aliphatic heterocycles. The van der Waals surface area contributed by atoms with Gasteiger partial charge in [0.2, 0.25) is 6.79 Å². The Labute approximate surface area is 115 Å². The highest BCUT2D eigenvalue weighted by Gasteiger charge is 2.14. The molecular weight excluding hydrogens is 266 g/mol. The molecule has 1 aromatic rings. The van der Waals surface area contributed by atoms with Gasteiger partial charge >= 0.3 is 5.97 Å². The average molecular weight is 281 g/mol. The van der Waals surface area contributed by atoms with Crippen LogP contribution in [0.4, 0.5) is 0 Å². The van der Waals surface area contributed by atoms with E-state index in [-0.39, 0.29) is 26.6 Å². The van der Waals surface area contributed by atoms with Gasteiger partial charge < -0.3 is 24.3 Å². The summed E-state index contributed by atoms with van der Waals surface area (Å²) >= 11 is 0. The van der Waals surface area contributed by atoms with E-state index in [1.807, 2.05) is 0 Å². The maximum Gasteiger partial charge on any atom is 0.325 e. The van der Waals surface area contributed by atoms with Crippen molar-refractivity contribution in [3.8, 4) is 17.2 Å². The van der Waals surface area contributed by atoms with Crippen molar-refractivity contribution in [3.05, 3.63) is 18.2 Å². The SMILES string of the molecule is CCOC(=O)CNC(=O)COc1ccc2c(c1)OCO2. The first-order valence-electron chi connectivity index (χ1n) is 6.14. The van der Waals surface area contributed by atoms with Gasteiger partial charge in [0.25, 0.3) is 5.91 Å².